The van der Waals surface area contributed by atoms with E-state index < -0.39 is 16.0 Å². The topological polar surface area (TPSA) is 113 Å². The third kappa shape index (κ3) is 2.62. The number of aromatic carboxylic acids is 1. The van der Waals surface area contributed by atoms with Gasteiger partial charge in [0.05, 0.1) is 12.3 Å². The quantitative estimate of drug-likeness (QED) is 0.801. The van der Waals surface area contributed by atoms with Crippen LogP contribution in [-0.2, 0) is 14.8 Å². The zero-order valence-corrected chi connectivity index (χ0v) is 11.2. The van der Waals surface area contributed by atoms with Gasteiger partial charge in [-0.15, -0.1) is 0 Å². The Morgan fingerprint density at radius 3 is 3.00 bits per heavy atom. The van der Waals surface area contributed by atoms with Gasteiger partial charge in [0, 0.05) is 20.2 Å². The third-order valence-corrected chi connectivity index (χ3v) is 4.95. The first-order valence-electron chi connectivity index (χ1n) is 5.76. The van der Waals surface area contributed by atoms with Crippen LogP contribution in [0.3, 0.4) is 0 Å². The Bertz CT molecular complexity index is 567. The van der Waals surface area contributed by atoms with Crippen molar-refractivity contribution in [3.05, 3.63) is 11.8 Å². The highest BCUT2D eigenvalue weighted by molar-refractivity contribution is 7.89. The molecule has 0 bridgehead atoms. The predicted molar refractivity (Wildman–Crippen MR) is 64.3 cm³/mol. The van der Waals surface area contributed by atoms with Crippen LogP contribution in [0.5, 0.6) is 0 Å². The number of ether oxygens (including phenoxy) is 1. The summed E-state index contributed by atoms with van der Waals surface area (Å²) < 4.78 is 31.1. The van der Waals surface area contributed by atoms with E-state index in [-0.39, 0.29) is 23.2 Å². The van der Waals surface area contributed by atoms with Crippen LogP contribution in [0, 0.1) is 0 Å². The normalized spacial score (nSPS) is 21.4. The molecule has 2 rings (SSSR count). The molecule has 0 aromatic carbocycles. The van der Waals surface area contributed by atoms with Crippen molar-refractivity contribution in [3.8, 4) is 0 Å². The number of H-pyrrole nitrogens is 1. The number of hydrogen-bond donors (Lipinski definition) is 2. The van der Waals surface area contributed by atoms with Crippen LogP contribution in [0.4, 0.5) is 0 Å². The van der Waals surface area contributed by atoms with Crippen molar-refractivity contribution in [2.24, 2.45) is 0 Å². The monoisotopic (exact) mass is 289 g/mol. The van der Waals surface area contributed by atoms with Gasteiger partial charge in [-0.2, -0.15) is 9.40 Å². The summed E-state index contributed by atoms with van der Waals surface area (Å²) in [5.74, 6) is -1.33. The molecule has 1 atom stereocenters. The molecular weight excluding hydrogens is 274 g/mol. The Morgan fingerprint density at radius 2 is 2.37 bits per heavy atom. The van der Waals surface area contributed by atoms with Crippen LogP contribution >= 0.6 is 0 Å². The van der Waals surface area contributed by atoms with Crippen LogP contribution < -0.4 is 0 Å². The van der Waals surface area contributed by atoms with Gasteiger partial charge in [0.2, 0.25) is 0 Å². The molecule has 0 spiro atoms. The Labute approximate surface area is 110 Å². The number of methoxy groups -OCH3 is 1. The van der Waals surface area contributed by atoms with E-state index in [9.17, 15) is 13.2 Å². The zero-order chi connectivity index (χ0) is 14.0. The lowest BCUT2D eigenvalue weighted by molar-refractivity contribution is 0.0570. The highest BCUT2D eigenvalue weighted by Gasteiger charge is 2.34. The molecule has 1 saturated heterocycles. The van der Waals surface area contributed by atoms with E-state index in [0.29, 0.717) is 13.0 Å². The fourth-order valence-electron chi connectivity index (χ4n) is 2.07. The van der Waals surface area contributed by atoms with Crippen LogP contribution in [0.15, 0.2) is 11.2 Å². The second-order valence-electron chi connectivity index (χ2n) is 4.28. The molecule has 0 radical (unpaired) electrons. The van der Waals surface area contributed by atoms with Gasteiger partial charge in [-0.25, -0.2) is 13.2 Å². The zero-order valence-electron chi connectivity index (χ0n) is 10.4. The molecule has 1 aromatic rings. The van der Waals surface area contributed by atoms with Gasteiger partial charge in [-0.1, -0.05) is 0 Å². The summed E-state index contributed by atoms with van der Waals surface area (Å²) in [4.78, 5) is 11.0. The molecule has 1 aliphatic rings. The lowest BCUT2D eigenvalue weighted by atomic mass is 10.1. The van der Waals surface area contributed by atoms with Gasteiger partial charge in [0.15, 0.2) is 5.03 Å². The van der Waals surface area contributed by atoms with Crippen molar-refractivity contribution in [2.45, 2.75) is 24.0 Å². The van der Waals surface area contributed by atoms with E-state index in [1.165, 1.54) is 11.4 Å². The van der Waals surface area contributed by atoms with Gasteiger partial charge in [0.25, 0.3) is 10.0 Å². The number of aromatic nitrogens is 2. The van der Waals surface area contributed by atoms with E-state index in [0.717, 1.165) is 12.6 Å². The summed E-state index contributed by atoms with van der Waals surface area (Å²) >= 11 is 0. The lowest BCUT2D eigenvalue weighted by Gasteiger charge is -2.30. The molecule has 2 N–H and O–H groups in total. The van der Waals surface area contributed by atoms with Gasteiger partial charge in [-0.3, -0.25) is 5.10 Å². The summed E-state index contributed by atoms with van der Waals surface area (Å²) in [6.07, 6.45) is 2.29. The molecular formula is C10H15N3O5S. The van der Waals surface area contributed by atoms with Crippen LogP contribution in [-0.4, -0.2) is 60.3 Å². The summed E-state index contributed by atoms with van der Waals surface area (Å²) in [6, 6.07) is 0. The number of carboxylic acids is 1. The minimum absolute atomic E-state index is 0.167. The van der Waals surface area contributed by atoms with Gasteiger partial charge >= 0.3 is 5.97 Å². The minimum atomic E-state index is -3.88. The van der Waals surface area contributed by atoms with Gasteiger partial charge < -0.3 is 9.84 Å². The average molecular weight is 289 g/mol. The Hall–Kier alpha value is -1.45. The number of nitrogens with one attached hydrogen (secondary N) is 1. The van der Waals surface area contributed by atoms with Crippen molar-refractivity contribution in [1.29, 1.82) is 0 Å². The van der Waals surface area contributed by atoms with Crippen molar-refractivity contribution in [2.75, 3.05) is 20.2 Å². The maximum Gasteiger partial charge on any atom is 0.340 e. The number of carbonyl (C=O) groups is 1. The molecule has 2 heterocycles. The fourth-order valence-corrected chi connectivity index (χ4v) is 3.64. The number of piperidine rings is 1. The van der Waals surface area contributed by atoms with E-state index >= 15 is 0 Å². The number of hydrogen-bond acceptors (Lipinski definition) is 5. The lowest BCUT2D eigenvalue weighted by Crippen LogP contribution is -2.43. The van der Waals surface area contributed by atoms with Crippen molar-refractivity contribution in [3.63, 3.8) is 0 Å². The maximum absolute atomic E-state index is 12.4. The first-order chi connectivity index (χ1) is 8.96. The first kappa shape index (κ1) is 14.0. The van der Waals surface area contributed by atoms with Gasteiger partial charge in [-0.05, 0) is 12.8 Å². The largest absolute Gasteiger partial charge is 0.478 e. The average Bonchev–Trinajstić information content (AvgIpc) is 2.89. The highest BCUT2D eigenvalue weighted by atomic mass is 32.2. The Balaban J connectivity index is 2.31. The highest BCUT2D eigenvalue weighted by Crippen LogP contribution is 2.22. The molecule has 106 valence electrons. The van der Waals surface area contributed by atoms with Gasteiger partial charge in [0.1, 0.15) is 5.56 Å². The summed E-state index contributed by atoms with van der Waals surface area (Å²) in [5, 5.41) is 14.3. The number of nitrogens with zero attached hydrogens (tertiary/aromatic N) is 2. The first-order valence-corrected chi connectivity index (χ1v) is 7.20. The standard InChI is InChI=1S/C10H15N3O5S/c1-18-7-3-2-4-13(6-7)19(16,17)9-8(10(14)15)5-11-12-9/h5,7H,2-4,6H2,1H3,(H,11,12)(H,14,15). The van der Waals surface area contributed by atoms with Crippen LogP contribution in [0.1, 0.15) is 23.2 Å². The number of aromatic amines is 1. The maximum atomic E-state index is 12.4. The molecule has 1 fully saturated rings. The molecule has 19 heavy (non-hydrogen) atoms. The molecule has 1 aromatic heterocycles. The predicted octanol–water partition coefficient (Wildman–Crippen LogP) is -0.0926. The summed E-state index contributed by atoms with van der Waals surface area (Å²) in [7, 11) is -2.36. The summed E-state index contributed by atoms with van der Waals surface area (Å²) in [5.41, 5.74) is -0.348. The molecule has 1 aliphatic heterocycles. The second kappa shape index (κ2) is 5.27. The smallest absolute Gasteiger partial charge is 0.340 e. The third-order valence-electron chi connectivity index (χ3n) is 3.11. The number of sulfonamides is 1. The molecule has 1 unspecified atom stereocenters. The molecule has 0 aliphatic carbocycles. The molecule has 8 nitrogen and oxygen atoms in total. The molecule has 0 saturated carbocycles. The fraction of sp³-hybridized carbons (Fsp3) is 0.600. The SMILES string of the molecule is COC1CCCN(S(=O)(=O)c2[nH]ncc2C(=O)O)C1. The number of rotatable bonds is 4. The second-order valence-corrected chi connectivity index (χ2v) is 6.16. The molecule has 9 heteroatoms. The summed E-state index contributed by atoms with van der Waals surface area (Å²) in [6.45, 7) is 0.567. The number of carboxylic acid groups (broad SMARTS) is 1. The van der Waals surface area contributed by atoms with E-state index in [4.69, 9.17) is 9.84 Å². The van der Waals surface area contributed by atoms with Crippen molar-refractivity contribution in [1.82, 2.24) is 14.5 Å². The van der Waals surface area contributed by atoms with E-state index in [2.05, 4.69) is 10.2 Å². The van der Waals surface area contributed by atoms with Crippen LogP contribution in [0.2, 0.25) is 0 Å². The van der Waals surface area contributed by atoms with Crippen molar-refractivity contribution < 1.29 is 23.1 Å². The van der Waals surface area contributed by atoms with Crippen molar-refractivity contribution >= 4 is 16.0 Å². The minimum Gasteiger partial charge on any atom is -0.478 e. The Morgan fingerprint density at radius 1 is 1.63 bits per heavy atom. The molecule has 0 amide bonds. The Kier molecular flexibility index (Phi) is 3.88. The van der Waals surface area contributed by atoms with Crippen LogP contribution in [0.25, 0.3) is 0 Å². The van der Waals surface area contributed by atoms with E-state index in [1.807, 2.05) is 0 Å². The van der Waals surface area contributed by atoms with E-state index in [1.54, 1.807) is 0 Å².